The maximum absolute atomic E-state index is 12.3. The minimum atomic E-state index is -0.0920. The maximum Gasteiger partial charge on any atom is 0.251 e. The number of benzene rings is 1. The van der Waals surface area contributed by atoms with E-state index in [-0.39, 0.29) is 18.7 Å². The molecule has 0 spiro atoms. The van der Waals surface area contributed by atoms with Gasteiger partial charge < -0.3 is 20.5 Å². The highest BCUT2D eigenvalue weighted by Gasteiger charge is 2.26. The average Bonchev–Trinajstić information content (AvgIpc) is 3.14. The molecule has 3 N–H and O–H groups in total. The summed E-state index contributed by atoms with van der Waals surface area (Å²) in [4.78, 5) is 12.3. The van der Waals surface area contributed by atoms with Crippen LogP contribution in [0.1, 0.15) is 36.0 Å². The van der Waals surface area contributed by atoms with Crippen LogP contribution < -0.4 is 20.5 Å². The molecule has 0 bridgehead atoms. The van der Waals surface area contributed by atoms with E-state index in [1.54, 1.807) is 18.2 Å². The van der Waals surface area contributed by atoms with Crippen molar-refractivity contribution in [2.24, 2.45) is 11.7 Å². The van der Waals surface area contributed by atoms with Gasteiger partial charge in [-0.05, 0) is 37.0 Å². The van der Waals surface area contributed by atoms with Crippen LogP contribution in [0.2, 0.25) is 0 Å². The van der Waals surface area contributed by atoms with Gasteiger partial charge in [0, 0.05) is 18.2 Å². The third-order valence-electron chi connectivity index (χ3n) is 4.17. The Balaban J connectivity index is 1.68. The zero-order valence-corrected chi connectivity index (χ0v) is 11.4. The van der Waals surface area contributed by atoms with E-state index in [1.807, 2.05) is 0 Å². The number of nitrogens with one attached hydrogen (secondary N) is 1. The molecule has 1 aliphatic heterocycles. The van der Waals surface area contributed by atoms with E-state index >= 15 is 0 Å². The van der Waals surface area contributed by atoms with E-state index in [9.17, 15) is 4.79 Å². The van der Waals surface area contributed by atoms with Gasteiger partial charge in [-0.25, -0.2) is 0 Å². The number of nitrogens with two attached hydrogens (primary N) is 1. The molecule has 1 fully saturated rings. The molecule has 2 aliphatic rings. The van der Waals surface area contributed by atoms with Crippen molar-refractivity contribution in [3.05, 3.63) is 23.8 Å². The van der Waals surface area contributed by atoms with Crippen molar-refractivity contribution in [2.45, 2.75) is 31.7 Å². The molecular formula is C15H20N2O3. The second kappa shape index (κ2) is 5.71. The van der Waals surface area contributed by atoms with Crippen LogP contribution in [-0.2, 0) is 0 Å². The Labute approximate surface area is 118 Å². The lowest BCUT2D eigenvalue weighted by Crippen LogP contribution is -2.44. The van der Waals surface area contributed by atoms with Crippen LogP contribution in [0.4, 0.5) is 0 Å². The van der Waals surface area contributed by atoms with Crippen molar-refractivity contribution in [1.29, 1.82) is 0 Å². The number of hydrogen-bond donors (Lipinski definition) is 2. The molecule has 1 saturated carbocycles. The summed E-state index contributed by atoms with van der Waals surface area (Å²) in [6.07, 6.45) is 4.79. The maximum atomic E-state index is 12.3. The van der Waals surface area contributed by atoms with Crippen LogP contribution in [0, 0.1) is 5.92 Å². The Morgan fingerprint density at radius 3 is 2.80 bits per heavy atom. The lowest BCUT2D eigenvalue weighted by Gasteiger charge is -2.23. The molecule has 3 rings (SSSR count). The van der Waals surface area contributed by atoms with Crippen molar-refractivity contribution in [3.63, 3.8) is 0 Å². The molecule has 5 heteroatoms. The first-order valence-electron chi connectivity index (χ1n) is 7.18. The van der Waals surface area contributed by atoms with Gasteiger partial charge in [-0.15, -0.1) is 0 Å². The average molecular weight is 276 g/mol. The van der Waals surface area contributed by atoms with Gasteiger partial charge in [0.05, 0.1) is 0 Å². The second-order valence-electron chi connectivity index (χ2n) is 5.43. The predicted octanol–water partition coefficient (Wildman–Crippen LogP) is 1.66. The molecule has 108 valence electrons. The zero-order chi connectivity index (χ0) is 13.9. The molecular weight excluding hydrogens is 256 g/mol. The summed E-state index contributed by atoms with van der Waals surface area (Å²) in [7, 11) is 0. The minimum Gasteiger partial charge on any atom is -0.454 e. The summed E-state index contributed by atoms with van der Waals surface area (Å²) in [6, 6.07) is 5.31. The molecule has 1 aromatic rings. The van der Waals surface area contributed by atoms with Crippen LogP contribution in [0.5, 0.6) is 11.5 Å². The number of ether oxygens (including phenoxy) is 2. The van der Waals surface area contributed by atoms with Crippen LogP contribution in [0.15, 0.2) is 18.2 Å². The summed E-state index contributed by atoms with van der Waals surface area (Å²) < 4.78 is 10.5. The fraction of sp³-hybridized carbons (Fsp3) is 0.533. The van der Waals surface area contributed by atoms with Crippen molar-refractivity contribution in [2.75, 3.05) is 13.3 Å². The Kier molecular flexibility index (Phi) is 3.78. The zero-order valence-electron chi connectivity index (χ0n) is 11.4. The summed E-state index contributed by atoms with van der Waals surface area (Å²) >= 11 is 0. The van der Waals surface area contributed by atoms with Gasteiger partial charge in [0.2, 0.25) is 6.79 Å². The number of hydrogen-bond acceptors (Lipinski definition) is 4. The van der Waals surface area contributed by atoms with Gasteiger partial charge in [0.1, 0.15) is 0 Å². The van der Waals surface area contributed by atoms with E-state index in [2.05, 4.69) is 5.32 Å². The smallest absolute Gasteiger partial charge is 0.251 e. The van der Waals surface area contributed by atoms with Gasteiger partial charge in [-0.3, -0.25) is 4.79 Å². The Morgan fingerprint density at radius 2 is 2.05 bits per heavy atom. The molecule has 5 nitrogen and oxygen atoms in total. The SMILES string of the molecule is NCC(NC(=O)c1ccc2c(c1)OCO2)C1CCCC1. The van der Waals surface area contributed by atoms with Gasteiger partial charge in [-0.2, -0.15) is 0 Å². The summed E-state index contributed by atoms with van der Waals surface area (Å²) in [6.45, 7) is 0.703. The molecule has 1 amide bonds. The fourth-order valence-corrected chi connectivity index (χ4v) is 3.02. The van der Waals surface area contributed by atoms with Gasteiger partial charge >= 0.3 is 0 Å². The molecule has 1 heterocycles. The number of amides is 1. The lowest BCUT2D eigenvalue weighted by atomic mass is 9.98. The van der Waals surface area contributed by atoms with Crippen molar-refractivity contribution < 1.29 is 14.3 Å². The molecule has 0 saturated heterocycles. The molecule has 1 aromatic carbocycles. The first-order valence-corrected chi connectivity index (χ1v) is 7.18. The molecule has 20 heavy (non-hydrogen) atoms. The van der Waals surface area contributed by atoms with Crippen LogP contribution in [-0.4, -0.2) is 25.3 Å². The van der Waals surface area contributed by atoms with Crippen LogP contribution in [0.3, 0.4) is 0 Å². The Bertz CT molecular complexity index is 498. The van der Waals surface area contributed by atoms with Crippen molar-refractivity contribution in [1.82, 2.24) is 5.32 Å². The number of carbonyl (C=O) groups is 1. The van der Waals surface area contributed by atoms with E-state index < -0.39 is 0 Å². The van der Waals surface area contributed by atoms with Crippen molar-refractivity contribution in [3.8, 4) is 11.5 Å². The lowest BCUT2D eigenvalue weighted by molar-refractivity contribution is 0.0923. The largest absolute Gasteiger partial charge is 0.454 e. The van der Waals surface area contributed by atoms with E-state index in [0.29, 0.717) is 29.5 Å². The molecule has 1 aliphatic carbocycles. The minimum absolute atomic E-state index is 0.0652. The third-order valence-corrected chi connectivity index (χ3v) is 4.17. The van der Waals surface area contributed by atoms with E-state index in [4.69, 9.17) is 15.2 Å². The van der Waals surface area contributed by atoms with E-state index in [0.717, 1.165) is 12.8 Å². The molecule has 0 aromatic heterocycles. The Morgan fingerprint density at radius 1 is 1.30 bits per heavy atom. The topological polar surface area (TPSA) is 73.6 Å². The van der Waals surface area contributed by atoms with Crippen molar-refractivity contribution >= 4 is 5.91 Å². The Hall–Kier alpha value is -1.75. The number of rotatable bonds is 4. The number of fused-ring (bicyclic) bond motifs is 1. The van der Waals surface area contributed by atoms with Gasteiger partial charge in [0.15, 0.2) is 11.5 Å². The predicted molar refractivity (Wildman–Crippen MR) is 74.8 cm³/mol. The van der Waals surface area contributed by atoms with Crippen LogP contribution >= 0.6 is 0 Å². The van der Waals surface area contributed by atoms with Crippen LogP contribution in [0.25, 0.3) is 0 Å². The normalized spacial score (nSPS) is 19.1. The van der Waals surface area contributed by atoms with E-state index in [1.165, 1.54) is 12.8 Å². The molecule has 1 unspecified atom stereocenters. The monoisotopic (exact) mass is 276 g/mol. The van der Waals surface area contributed by atoms with Gasteiger partial charge in [-0.1, -0.05) is 12.8 Å². The van der Waals surface area contributed by atoms with Gasteiger partial charge in [0.25, 0.3) is 5.91 Å². The number of carbonyl (C=O) groups excluding carboxylic acids is 1. The summed E-state index contributed by atoms with van der Waals surface area (Å²) in [5.41, 5.74) is 6.40. The third kappa shape index (κ3) is 2.58. The first-order chi connectivity index (χ1) is 9.78. The first kappa shape index (κ1) is 13.2. The highest BCUT2D eigenvalue weighted by molar-refractivity contribution is 5.95. The highest BCUT2D eigenvalue weighted by atomic mass is 16.7. The summed E-state index contributed by atoms with van der Waals surface area (Å²) in [5.74, 6) is 1.74. The summed E-state index contributed by atoms with van der Waals surface area (Å²) in [5, 5.41) is 3.06. The quantitative estimate of drug-likeness (QED) is 0.877. The second-order valence-corrected chi connectivity index (χ2v) is 5.43. The highest BCUT2D eigenvalue weighted by Crippen LogP contribution is 2.32. The standard InChI is InChI=1S/C15H20N2O3/c16-8-12(10-3-1-2-4-10)17-15(18)11-5-6-13-14(7-11)20-9-19-13/h5-7,10,12H,1-4,8-9,16H2,(H,17,18). The molecule has 0 radical (unpaired) electrons. The molecule has 1 atom stereocenters. The fourth-order valence-electron chi connectivity index (χ4n) is 3.02.